The van der Waals surface area contributed by atoms with Crippen LogP contribution in [-0.2, 0) is 11.2 Å². The van der Waals surface area contributed by atoms with E-state index in [4.69, 9.17) is 23.2 Å². The summed E-state index contributed by atoms with van der Waals surface area (Å²) in [5.41, 5.74) is 0.828. The van der Waals surface area contributed by atoms with Crippen molar-refractivity contribution < 1.29 is 4.79 Å². The van der Waals surface area contributed by atoms with Gasteiger partial charge < -0.3 is 5.32 Å². The summed E-state index contributed by atoms with van der Waals surface area (Å²) in [6.07, 6.45) is 6.24. The van der Waals surface area contributed by atoms with Crippen LogP contribution >= 0.6 is 23.2 Å². The van der Waals surface area contributed by atoms with E-state index in [1.54, 1.807) is 12.1 Å². The molecule has 1 aromatic rings. The van der Waals surface area contributed by atoms with E-state index in [-0.39, 0.29) is 5.91 Å². The first-order chi connectivity index (χ1) is 8.65. The van der Waals surface area contributed by atoms with Crippen LogP contribution in [0.3, 0.4) is 0 Å². The van der Waals surface area contributed by atoms with E-state index in [1.165, 1.54) is 19.3 Å². The molecule has 0 spiro atoms. The zero-order chi connectivity index (χ0) is 13.0. The van der Waals surface area contributed by atoms with E-state index in [9.17, 15) is 4.79 Å². The Hall–Kier alpha value is -0.730. The lowest BCUT2D eigenvalue weighted by Gasteiger charge is -2.22. The van der Waals surface area contributed by atoms with Crippen molar-refractivity contribution in [2.24, 2.45) is 0 Å². The number of halogens is 2. The van der Waals surface area contributed by atoms with Crippen molar-refractivity contribution in [2.45, 2.75) is 44.6 Å². The second-order valence-electron chi connectivity index (χ2n) is 4.81. The SMILES string of the molecule is O=C(Cc1ccc(Cl)cc1Cl)NC1CCCCC1. The van der Waals surface area contributed by atoms with Crippen molar-refractivity contribution in [3.05, 3.63) is 33.8 Å². The zero-order valence-electron chi connectivity index (χ0n) is 10.2. The number of rotatable bonds is 3. The first-order valence-corrected chi connectivity index (χ1v) is 7.14. The molecular formula is C14H17Cl2NO. The molecule has 2 rings (SSSR count). The molecule has 1 aliphatic carbocycles. The number of nitrogens with one attached hydrogen (secondary N) is 1. The maximum atomic E-state index is 11.9. The van der Waals surface area contributed by atoms with E-state index in [2.05, 4.69) is 5.32 Å². The Morgan fingerprint density at radius 3 is 2.61 bits per heavy atom. The van der Waals surface area contributed by atoms with Crippen LogP contribution < -0.4 is 5.32 Å². The number of amides is 1. The highest BCUT2D eigenvalue weighted by Gasteiger charge is 2.16. The summed E-state index contributed by atoms with van der Waals surface area (Å²) in [4.78, 5) is 11.9. The summed E-state index contributed by atoms with van der Waals surface area (Å²) in [6.45, 7) is 0. The van der Waals surface area contributed by atoms with Gasteiger partial charge in [-0.2, -0.15) is 0 Å². The third kappa shape index (κ3) is 3.89. The average molecular weight is 286 g/mol. The first kappa shape index (κ1) is 13.7. The van der Waals surface area contributed by atoms with E-state index < -0.39 is 0 Å². The largest absolute Gasteiger partial charge is 0.353 e. The molecule has 0 saturated heterocycles. The number of benzene rings is 1. The standard InChI is InChI=1S/C14H17Cl2NO/c15-11-7-6-10(13(16)9-11)8-14(18)17-12-4-2-1-3-5-12/h6-7,9,12H,1-5,8H2,(H,17,18). The van der Waals surface area contributed by atoms with Crippen molar-refractivity contribution in [1.82, 2.24) is 5.32 Å². The van der Waals surface area contributed by atoms with Gasteiger partial charge in [-0.05, 0) is 30.5 Å². The van der Waals surface area contributed by atoms with Crippen LogP contribution in [0.25, 0.3) is 0 Å². The summed E-state index contributed by atoms with van der Waals surface area (Å²) < 4.78 is 0. The molecule has 0 aromatic heterocycles. The molecule has 0 heterocycles. The van der Waals surface area contributed by atoms with Gasteiger partial charge >= 0.3 is 0 Å². The highest BCUT2D eigenvalue weighted by atomic mass is 35.5. The third-order valence-electron chi connectivity index (χ3n) is 3.34. The van der Waals surface area contributed by atoms with E-state index >= 15 is 0 Å². The zero-order valence-corrected chi connectivity index (χ0v) is 11.7. The minimum absolute atomic E-state index is 0.0473. The number of hydrogen-bond donors (Lipinski definition) is 1. The fourth-order valence-electron chi connectivity index (χ4n) is 2.36. The lowest BCUT2D eigenvalue weighted by atomic mass is 9.95. The van der Waals surface area contributed by atoms with Crippen molar-refractivity contribution in [3.63, 3.8) is 0 Å². The molecule has 1 N–H and O–H groups in total. The van der Waals surface area contributed by atoms with E-state index in [1.807, 2.05) is 6.07 Å². The molecule has 1 amide bonds. The minimum Gasteiger partial charge on any atom is -0.353 e. The Bertz CT molecular complexity index is 428. The minimum atomic E-state index is 0.0473. The molecule has 1 aliphatic rings. The van der Waals surface area contributed by atoms with E-state index in [0.717, 1.165) is 18.4 Å². The molecule has 1 aromatic carbocycles. The van der Waals surface area contributed by atoms with Gasteiger partial charge in [0.15, 0.2) is 0 Å². The van der Waals surface area contributed by atoms with Gasteiger partial charge in [0.2, 0.25) is 5.91 Å². The lowest BCUT2D eigenvalue weighted by molar-refractivity contribution is -0.121. The second kappa shape index (κ2) is 6.44. The van der Waals surface area contributed by atoms with Crippen molar-refractivity contribution in [1.29, 1.82) is 0 Å². The molecule has 0 aliphatic heterocycles. The molecule has 1 fully saturated rings. The Balaban J connectivity index is 1.90. The fraction of sp³-hybridized carbons (Fsp3) is 0.500. The van der Waals surface area contributed by atoms with Crippen LogP contribution in [0.1, 0.15) is 37.7 Å². The van der Waals surface area contributed by atoms with Gasteiger partial charge in [-0.25, -0.2) is 0 Å². The predicted molar refractivity (Wildman–Crippen MR) is 75.2 cm³/mol. The molecule has 0 atom stereocenters. The van der Waals surface area contributed by atoms with E-state index in [0.29, 0.717) is 22.5 Å². The molecule has 2 nitrogen and oxygen atoms in total. The molecule has 0 radical (unpaired) electrons. The van der Waals surface area contributed by atoms with Gasteiger partial charge in [-0.1, -0.05) is 48.5 Å². The van der Waals surface area contributed by atoms with Crippen molar-refractivity contribution in [2.75, 3.05) is 0 Å². The molecule has 98 valence electrons. The third-order valence-corrected chi connectivity index (χ3v) is 3.92. The van der Waals surface area contributed by atoms with Gasteiger partial charge in [0.05, 0.1) is 6.42 Å². The maximum Gasteiger partial charge on any atom is 0.224 e. The van der Waals surface area contributed by atoms with Gasteiger partial charge in [0, 0.05) is 16.1 Å². The molecular weight excluding hydrogens is 269 g/mol. The Labute approximate surface area is 118 Å². The summed E-state index contributed by atoms with van der Waals surface area (Å²) in [6, 6.07) is 5.59. The van der Waals surface area contributed by atoms with Crippen LogP contribution in [0, 0.1) is 0 Å². The smallest absolute Gasteiger partial charge is 0.224 e. The topological polar surface area (TPSA) is 29.1 Å². The van der Waals surface area contributed by atoms with Gasteiger partial charge in [-0.3, -0.25) is 4.79 Å². The quantitative estimate of drug-likeness (QED) is 0.894. The average Bonchev–Trinajstić information content (AvgIpc) is 2.34. The second-order valence-corrected chi connectivity index (χ2v) is 5.66. The van der Waals surface area contributed by atoms with Gasteiger partial charge in [0.25, 0.3) is 0 Å². The van der Waals surface area contributed by atoms with Crippen molar-refractivity contribution >= 4 is 29.1 Å². The molecule has 1 saturated carbocycles. The summed E-state index contributed by atoms with van der Waals surface area (Å²) in [7, 11) is 0. The van der Waals surface area contributed by atoms with Gasteiger partial charge in [0.1, 0.15) is 0 Å². The van der Waals surface area contributed by atoms with Crippen LogP contribution in [0.15, 0.2) is 18.2 Å². The van der Waals surface area contributed by atoms with Crippen LogP contribution in [-0.4, -0.2) is 11.9 Å². The molecule has 0 bridgehead atoms. The van der Waals surface area contributed by atoms with Crippen LogP contribution in [0.4, 0.5) is 0 Å². The normalized spacial score (nSPS) is 16.6. The highest BCUT2D eigenvalue weighted by molar-refractivity contribution is 6.35. The summed E-state index contributed by atoms with van der Waals surface area (Å²) in [5, 5.41) is 4.23. The Morgan fingerprint density at radius 2 is 1.94 bits per heavy atom. The Morgan fingerprint density at radius 1 is 1.22 bits per heavy atom. The van der Waals surface area contributed by atoms with Crippen molar-refractivity contribution in [3.8, 4) is 0 Å². The van der Waals surface area contributed by atoms with Gasteiger partial charge in [-0.15, -0.1) is 0 Å². The Kier molecular flexibility index (Phi) is 4.90. The molecule has 0 unspecified atom stereocenters. The summed E-state index contributed by atoms with van der Waals surface area (Å²) >= 11 is 11.9. The molecule has 4 heteroatoms. The van der Waals surface area contributed by atoms with Crippen LogP contribution in [0.5, 0.6) is 0 Å². The maximum absolute atomic E-state index is 11.9. The number of carbonyl (C=O) groups is 1. The lowest BCUT2D eigenvalue weighted by Crippen LogP contribution is -2.37. The monoisotopic (exact) mass is 285 g/mol. The molecule has 18 heavy (non-hydrogen) atoms. The fourth-order valence-corrected chi connectivity index (χ4v) is 2.84. The number of hydrogen-bond acceptors (Lipinski definition) is 1. The van der Waals surface area contributed by atoms with Crippen LogP contribution in [0.2, 0.25) is 10.0 Å². The first-order valence-electron chi connectivity index (χ1n) is 6.38. The highest BCUT2D eigenvalue weighted by Crippen LogP contribution is 2.22. The number of carbonyl (C=O) groups excluding carboxylic acids is 1. The summed E-state index contributed by atoms with van der Waals surface area (Å²) in [5.74, 6) is 0.0473. The predicted octanol–water partition coefficient (Wildman–Crippen LogP) is 3.98.